The van der Waals surface area contributed by atoms with Crippen LogP contribution in [0.5, 0.6) is 0 Å². The molecule has 0 radical (unpaired) electrons. The van der Waals surface area contributed by atoms with Crippen LogP contribution in [0.1, 0.15) is 33.2 Å². The highest BCUT2D eigenvalue weighted by atomic mass is 35.5. The van der Waals surface area contributed by atoms with Crippen LogP contribution in [-0.4, -0.2) is 22.9 Å². The van der Waals surface area contributed by atoms with E-state index in [2.05, 4.69) is 419 Å². The molecule has 0 atom stereocenters. The third-order valence-corrected chi connectivity index (χ3v) is 33.9. The van der Waals surface area contributed by atoms with Crippen molar-refractivity contribution in [3.63, 3.8) is 0 Å². The van der Waals surface area contributed by atoms with E-state index in [0.29, 0.717) is 10.6 Å². The molecule has 118 heavy (non-hydrogen) atoms. The van der Waals surface area contributed by atoms with Gasteiger partial charge in [-0.1, -0.05) is 427 Å². The molecule has 0 amide bonds. The Morgan fingerprint density at radius 3 is 1.09 bits per heavy atom. The lowest BCUT2D eigenvalue weighted by Gasteiger charge is -2.45. The Morgan fingerprint density at radius 2 is 0.627 bits per heavy atom. The predicted octanol–water partition coefficient (Wildman–Crippen LogP) is 22.1. The van der Waals surface area contributed by atoms with Crippen LogP contribution in [-0.2, 0) is 5.41 Å². The lowest BCUT2D eigenvalue weighted by Crippen LogP contribution is -2.78. The van der Waals surface area contributed by atoms with Crippen LogP contribution in [0.2, 0.25) is 5.02 Å². The highest BCUT2D eigenvalue weighted by molar-refractivity contribution is 7.22. The molecule has 6 heteroatoms. The Kier molecular flexibility index (Phi) is 17.7. The van der Waals surface area contributed by atoms with Gasteiger partial charge in [0.25, 0.3) is 6.71 Å². The Balaban J connectivity index is 0.929. The van der Waals surface area contributed by atoms with Gasteiger partial charge in [0.2, 0.25) is 0 Å². The number of nitrogens with zero attached hydrogens (tertiary/aromatic N) is 2. The molecule has 2 aliphatic heterocycles. The van der Waals surface area contributed by atoms with Crippen LogP contribution in [0.4, 0.5) is 34.1 Å². The van der Waals surface area contributed by atoms with Gasteiger partial charge in [0.05, 0.1) is 12.5 Å². The molecule has 18 aromatic carbocycles. The van der Waals surface area contributed by atoms with Gasteiger partial charge in [-0.3, -0.25) is 0 Å². The summed E-state index contributed by atoms with van der Waals surface area (Å²) in [6.07, 6.45) is 0. The van der Waals surface area contributed by atoms with Crippen LogP contribution in [0.3, 0.4) is 0 Å². The van der Waals surface area contributed by atoms with Crippen molar-refractivity contribution in [2.45, 2.75) is 26.2 Å². The summed E-state index contributed by atoms with van der Waals surface area (Å²) in [4.78, 5) is 4.88. The zero-order valence-corrected chi connectivity index (χ0v) is 68.5. The molecule has 0 spiro atoms. The van der Waals surface area contributed by atoms with Gasteiger partial charge in [-0.15, -0.1) is 0 Å². The van der Waals surface area contributed by atoms with Gasteiger partial charge in [0.1, 0.15) is 0 Å². The first-order valence-corrected chi connectivity index (χ1v) is 44.9. The average Bonchev–Trinajstić information content (AvgIpc) is 0.689. The molecule has 0 fully saturated rings. The largest absolute Gasteiger partial charge is 0.311 e. The monoisotopic (exact) mass is 1560 g/mol. The van der Waals surface area contributed by atoms with Gasteiger partial charge >= 0.3 is 0 Å². The molecule has 0 saturated heterocycles. The van der Waals surface area contributed by atoms with E-state index in [1.807, 2.05) is 36.4 Å². The van der Waals surface area contributed by atoms with Crippen molar-refractivity contribution in [2.24, 2.45) is 0 Å². The molecule has 0 aliphatic carbocycles. The molecule has 560 valence electrons. The smallest absolute Gasteiger partial charge is 0.252 e. The number of halogens is 1. The maximum Gasteiger partial charge on any atom is 0.252 e. The van der Waals surface area contributed by atoms with E-state index in [-0.39, 0.29) is 17.6 Å². The second-order valence-electron chi connectivity index (χ2n) is 32.0. The highest BCUT2D eigenvalue weighted by Gasteiger charge is 2.49. The van der Waals surface area contributed by atoms with Crippen molar-refractivity contribution in [1.29, 1.82) is 0 Å². The Morgan fingerprint density at radius 1 is 0.254 bits per heavy atom. The van der Waals surface area contributed by atoms with Crippen LogP contribution in [0, 0.1) is 0 Å². The summed E-state index contributed by atoms with van der Waals surface area (Å²) in [5, 5.41) is 10.6. The van der Waals surface area contributed by atoms with E-state index in [9.17, 15) is 2.74 Å². The molecular weight excluding hydrogens is 1480 g/mol. The van der Waals surface area contributed by atoms with Crippen LogP contribution in [0.15, 0.2) is 455 Å². The van der Waals surface area contributed by atoms with Gasteiger partial charge in [-0.05, 0) is 202 Å². The van der Waals surface area contributed by atoms with E-state index in [1.165, 1.54) is 41.5 Å². The second kappa shape index (κ2) is 30.8. The fourth-order valence-electron chi connectivity index (χ4n) is 18.7. The first-order valence-electron chi connectivity index (χ1n) is 43.1. The third-order valence-electron chi connectivity index (χ3n) is 24.2. The van der Waals surface area contributed by atoms with Crippen molar-refractivity contribution in [3.8, 4) is 77.9 Å². The standard InChI is InChI=1S/C112H84BClN2Si2/c1-112(2,3)92-75-109-111-110(76-92)116(106-64-60-87(81-40-18-6-19-41-81)73-103(106)84-46-24-9-25-47-84)107-65-61-88(74-105(107)113(111)104-63-62-93(114)77-108(104)115(109)94-67-89(82-42-20-7-21-43-82)66-90(68-94)83-44-22-8-23-45-83)91-71-101(117(95-50-26-10-27-51-95,96-52-28-11-29-53-96)99-58-34-48-85(69-99)79-36-14-4-15-37-79)78-102(72-91)118(97-54-30-12-31-55-97,98-56-32-13-33-57-98)100-59-35-49-86(70-100)80-38-16-5-17-39-80/h4-78H,1-3H3/i7D,20D,21D,42D,43D. The summed E-state index contributed by atoms with van der Waals surface area (Å²) in [5.74, 6) is 0. The van der Waals surface area contributed by atoms with Gasteiger partial charge < -0.3 is 9.80 Å². The third kappa shape index (κ3) is 13.1. The van der Waals surface area contributed by atoms with E-state index >= 15 is 0 Å². The zero-order valence-electron chi connectivity index (χ0n) is 70.8. The molecule has 2 aliphatic rings. The van der Waals surface area contributed by atoms with Crippen molar-refractivity contribution < 1.29 is 6.85 Å². The molecule has 20 rings (SSSR count). The number of hydrogen-bond acceptors (Lipinski definition) is 2. The van der Waals surface area contributed by atoms with Gasteiger partial charge in [0.15, 0.2) is 16.1 Å². The van der Waals surface area contributed by atoms with Crippen LogP contribution >= 0.6 is 11.6 Å². The molecule has 2 heterocycles. The Bertz CT molecular complexity index is 6760. The number of rotatable bonds is 17. The summed E-state index contributed by atoms with van der Waals surface area (Å²) >= 11 is 7.59. The minimum Gasteiger partial charge on any atom is -0.311 e. The lowest BCUT2D eigenvalue weighted by molar-refractivity contribution is 0.590. The van der Waals surface area contributed by atoms with E-state index < -0.39 is 46.4 Å². The molecule has 0 aromatic heterocycles. The minimum absolute atomic E-state index is 0.111. The zero-order chi connectivity index (χ0) is 83.7. The number of fused-ring (bicyclic) bond motifs is 4. The van der Waals surface area contributed by atoms with Gasteiger partial charge in [-0.25, -0.2) is 0 Å². The van der Waals surface area contributed by atoms with Crippen molar-refractivity contribution in [2.75, 3.05) is 9.80 Å². The van der Waals surface area contributed by atoms with E-state index in [4.69, 9.17) is 15.7 Å². The topological polar surface area (TPSA) is 6.48 Å². The van der Waals surface area contributed by atoms with Crippen LogP contribution < -0.4 is 67.7 Å². The first-order chi connectivity index (χ1) is 60.1. The second-order valence-corrected chi connectivity index (χ2v) is 40.1. The highest BCUT2D eigenvalue weighted by Crippen LogP contribution is 2.51. The molecule has 0 N–H and O–H groups in total. The summed E-state index contributed by atoms with van der Waals surface area (Å²) in [7, 11) is -7.11. The average molecular weight is 1570 g/mol. The predicted molar refractivity (Wildman–Crippen MR) is 509 cm³/mol. The fourth-order valence-corrected chi connectivity index (χ4v) is 28.7. The van der Waals surface area contributed by atoms with Gasteiger partial charge in [-0.2, -0.15) is 0 Å². The SMILES string of the molecule is [2H]c1c([2H])c([2H])c(-c2cc(-c3ccccc3)cc(N3c4cc(Cl)ccc4B4c5cc(-c6cc([Si](c7ccccc7)(c7ccccc7)c7cccc(-c8ccccc8)c7)cc([Si](c7ccccc7)(c7ccccc7)c7cccc(-c8ccccc8)c7)c6)ccc5N(c5ccc(-c6ccccc6)cc5-c5ccccc5)c5cc(C(C)(C)C)cc3c54)c2)c([2H])c1[2H]. The molecule has 2 nitrogen and oxygen atoms in total. The number of anilines is 6. The summed E-state index contributed by atoms with van der Waals surface area (Å²) < 4.78 is 46.2. The first kappa shape index (κ1) is 67.7. The molecular formula is C112H84BClN2Si2. The van der Waals surface area contributed by atoms with Crippen molar-refractivity contribution in [1.82, 2.24) is 0 Å². The lowest BCUT2D eigenvalue weighted by atomic mass is 9.33. The molecule has 0 unspecified atom stereocenters. The molecule has 0 bridgehead atoms. The minimum atomic E-state index is -3.55. The Hall–Kier alpha value is -13.7. The van der Waals surface area contributed by atoms with Gasteiger partial charge in [0, 0.05) is 39.0 Å². The fraction of sp³-hybridized carbons (Fsp3) is 0.0357. The maximum absolute atomic E-state index is 9.59. The van der Waals surface area contributed by atoms with Crippen molar-refractivity contribution in [3.05, 3.63) is 465 Å². The molecule has 0 saturated carbocycles. The van der Waals surface area contributed by atoms with E-state index in [0.717, 1.165) is 123 Å². The van der Waals surface area contributed by atoms with Crippen molar-refractivity contribution >= 4 is 126 Å². The van der Waals surface area contributed by atoms with Crippen LogP contribution in [0.25, 0.3) is 77.9 Å². The van der Waals surface area contributed by atoms with E-state index in [1.54, 1.807) is 0 Å². The quantitative estimate of drug-likeness (QED) is 0.0662. The summed E-state index contributed by atoms with van der Waals surface area (Å²) in [6.45, 7) is 6.41. The Labute approximate surface area is 707 Å². The summed E-state index contributed by atoms with van der Waals surface area (Å²) in [5.41, 5.74) is 22.6. The molecule has 18 aromatic rings. The summed E-state index contributed by atoms with van der Waals surface area (Å²) in [6, 6.07) is 155. The maximum atomic E-state index is 9.59. The number of hydrogen-bond donors (Lipinski definition) is 0. The normalized spacial score (nSPS) is 12.9. The number of benzene rings is 18.